The van der Waals surface area contributed by atoms with Gasteiger partial charge in [-0.3, -0.25) is 19.7 Å². The fraction of sp³-hybridized carbons (Fsp3) is 0.412. The molecule has 0 aliphatic rings. The van der Waals surface area contributed by atoms with Crippen LogP contribution in [0.5, 0.6) is 0 Å². The van der Waals surface area contributed by atoms with Gasteiger partial charge in [0.15, 0.2) is 0 Å². The van der Waals surface area contributed by atoms with E-state index in [0.717, 1.165) is 10.4 Å². The quantitative estimate of drug-likeness (QED) is 0.183. The first-order valence-corrected chi connectivity index (χ1v) is 15.4. The summed E-state index contributed by atoms with van der Waals surface area (Å²) in [6, 6.07) is 15.7. The minimum atomic E-state index is -0.701. The molecule has 2 N–H and O–H groups in total. The minimum absolute atomic E-state index is 0.197. The topological polar surface area (TPSA) is 123 Å². The summed E-state index contributed by atoms with van der Waals surface area (Å²) in [6.07, 6.45) is -0.652. The molecule has 0 unspecified atom stereocenters. The molecule has 3 rings (SSSR count). The van der Waals surface area contributed by atoms with E-state index >= 15 is 0 Å². The van der Waals surface area contributed by atoms with Crippen molar-refractivity contribution in [1.82, 2.24) is 0 Å². The van der Waals surface area contributed by atoms with Gasteiger partial charge in [-0.2, -0.15) is 0 Å². The summed E-state index contributed by atoms with van der Waals surface area (Å²) in [5.41, 5.74) is 0.363. The van der Waals surface area contributed by atoms with Crippen LogP contribution < -0.4 is 15.5 Å². The second-order valence-electron chi connectivity index (χ2n) is 13.4. The average Bonchev–Trinajstić information content (AvgIpc) is 3.41. The normalized spacial score (nSPS) is 11.8. The summed E-state index contributed by atoms with van der Waals surface area (Å²) >= 11 is 1.55. The smallest absolute Gasteiger partial charge is 0.412 e. The first-order chi connectivity index (χ1) is 20.8. The predicted molar refractivity (Wildman–Crippen MR) is 178 cm³/mol. The van der Waals surface area contributed by atoms with Crippen molar-refractivity contribution in [2.45, 2.75) is 79.1 Å². The van der Waals surface area contributed by atoms with Crippen molar-refractivity contribution in [2.24, 2.45) is 0 Å². The summed E-state index contributed by atoms with van der Waals surface area (Å²) in [4.78, 5) is 53.8. The Morgan fingerprint density at radius 3 is 1.73 bits per heavy atom. The van der Waals surface area contributed by atoms with Crippen molar-refractivity contribution in [3.63, 3.8) is 0 Å². The number of rotatable bonds is 9. The molecule has 1 aromatic heterocycles. The number of ether oxygens (including phenoxy) is 3. The Balaban J connectivity index is 1.85. The van der Waals surface area contributed by atoms with Crippen LogP contribution in [0.15, 0.2) is 60.0 Å². The van der Waals surface area contributed by atoms with Gasteiger partial charge in [0.05, 0.1) is 11.4 Å². The Bertz CT molecular complexity index is 1470. The van der Waals surface area contributed by atoms with Gasteiger partial charge in [-0.25, -0.2) is 4.79 Å². The summed E-state index contributed by atoms with van der Waals surface area (Å²) in [6.45, 7) is 15.5. The highest BCUT2D eigenvalue weighted by molar-refractivity contribution is 7.13. The van der Waals surface area contributed by atoms with Crippen molar-refractivity contribution in [1.29, 1.82) is 0 Å². The van der Waals surface area contributed by atoms with Crippen molar-refractivity contribution in [3.05, 3.63) is 65.5 Å². The summed E-state index contributed by atoms with van der Waals surface area (Å²) < 4.78 is 16.3. The second-order valence-corrected chi connectivity index (χ2v) is 14.3. The predicted octanol–water partition coefficient (Wildman–Crippen LogP) is 7.50. The zero-order valence-electron chi connectivity index (χ0n) is 27.4. The molecule has 242 valence electrons. The fourth-order valence-corrected chi connectivity index (χ4v) is 4.81. The molecule has 0 spiro atoms. The Morgan fingerprint density at radius 2 is 1.24 bits per heavy atom. The van der Waals surface area contributed by atoms with Crippen LogP contribution in [0.4, 0.5) is 21.9 Å². The maximum absolute atomic E-state index is 13.4. The highest BCUT2D eigenvalue weighted by Gasteiger charge is 2.24. The second kappa shape index (κ2) is 14.2. The summed E-state index contributed by atoms with van der Waals surface area (Å²) in [5, 5.41) is 7.57. The Hall–Kier alpha value is -4.38. The lowest BCUT2D eigenvalue weighted by molar-refractivity contribution is -0.154. The van der Waals surface area contributed by atoms with E-state index < -0.39 is 40.7 Å². The molecule has 10 nitrogen and oxygen atoms in total. The molecule has 0 saturated heterocycles. The number of amides is 2. The van der Waals surface area contributed by atoms with E-state index in [1.807, 2.05) is 23.6 Å². The number of carbonyl (C=O) groups excluding carboxylic acids is 4. The van der Waals surface area contributed by atoms with Crippen LogP contribution in [0, 0.1) is 0 Å². The molecule has 1 heterocycles. The van der Waals surface area contributed by atoms with Crippen LogP contribution in [0.3, 0.4) is 0 Å². The first-order valence-electron chi connectivity index (χ1n) is 14.6. The van der Waals surface area contributed by atoms with Crippen LogP contribution in [-0.2, 0) is 23.8 Å². The average molecular weight is 638 g/mol. The molecule has 0 radical (unpaired) electrons. The molecule has 2 amide bonds. The first kappa shape index (κ1) is 35.1. The minimum Gasteiger partial charge on any atom is -0.459 e. The van der Waals surface area contributed by atoms with E-state index in [-0.39, 0.29) is 13.1 Å². The number of anilines is 3. The van der Waals surface area contributed by atoms with Gasteiger partial charge >= 0.3 is 18.0 Å². The number of hydrogen-bond donors (Lipinski definition) is 2. The lowest BCUT2D eigenvalue weighted by Gasteiger charge is -2.27. The Kier molecular flexibility index (Phi) is 11.0. The highest BCUT2D eigenvalue weighted by Crippen LogP contribution is 2.32. The third-order valence-electron chi connectivity index (χ3n) is 5.68. The van der Waals surface area contributed by atoms with Crippen molar-refractivity contribution < 1.29 is 33.4 Å². The molecular formula is C34H43N3O7S. The molecule has 0 atom stereocenters. The Morgan fingerprint density at radius 1 is 0.689 bits per heavy atom. The molecule has 0 saturated carbocycles. The number of esters is 2. The maximum Gasteiger partial charge on any atom is 0.412 e. The van der Waals surface area contributed by atoms with Crippen LogP contribution in [0.2, 0.25) is 0 Å². The Labute approximate surface area is 269 Å². The van der Waals surface area contributed by atoms with Gasteiger partial charge in [0.1, 0.15) is 29.9 Å². The number of benzene rings is 2. The van der Waals surface area contributed by atoms with Crippen LogP contribution >= 0.6 is 11.3 Å². The monoisotopic (exact) mass is 637 g/mol. The van der Waals surface area contributed by atoms with E-state index in [1.54, 1.807) is 110 Å². The van der Waals surface area contributed by atoms with Gasteiger partial charge in [-0.1, -0.05) is 12.1 Å². The van der Waals surface area contributed by atoms with E-state index in [4.69, 9.17) is 14.2 Å². The summed E-state index contributed by atoms with van der Waals surface area (Å²) in [7, 11) is 0. The maximum atomic E-state index is 13.4. The molecule has 45 heavy (non-hydrogen) atoms. The van der Waals surface area contributed by atoms with Gasteiger partial charge in [0, 0.05) is 16.1 Å². The van der Waals surface area contributed by atoms with Crippen LogP contribution in [0.1, 0.15) is 72.7 Å². The van der Waals surface area contributed by atoms with Crippen molar-refractivity contribution in [2.75, 3.05) is 28.6 Å². The number of thiophene rings is 1. The number of nitrogens with zero attached hydrogens (tertiary/aromatic N) is 1. The van der Waals surface area contributed by atoms with Gasteiger partial charge in [-0.15, -0.1) is 11.3 Å². The standard InChI is InChI=1S/C34H43N3O7S/c1-32(2,3)42-28(38)20-37(21-29(39)43-33(4,5)6)24-15-12-22(13-16-24)30(40)35-26-19-23(27-11-10-18-45-27)14-17-25(26)36-31(41)44-34(7,8)9/h10-19H,20-21H2,1-9H3,(H,35,40)(H,36,41). The van der Waals surface area contributed by atoms with Crippen LogP contribution in [0.25, 0.3) is 10.4 Å². The van der Waals surface area contributed by atoms with E-state index in [1.165, 1.54) is 4.90 Å². The number of carbonyl (C=O) groups is 4. The van der Waals surface area contributed by atoms with Gasteiger partial charge in [0.2, 0.25) is 0 Å². The van der Waals surface area contributed by atoms with Gasteiger partial charge in [0.25, 0.3) is 5.91 Å². The third-order valence-corrected chi connectivity index (χ3v) is 6.60. The SMILES string of the molecule is CC(C)(C)OC(=O)CN(CC(=O)OC(C)(C)C)c1ccc(C(=O)Nc2cc(-c3cccs3)ccc2NC(=O)OC(C)(C)C)cc1. The largest absolute Gasteiger partial charge is 0.459 e. The third kappa shape index (κ3) is 11.9. The molecule has 0 aliphatic heterocycles. The molecule has 0 fully saturated rings. The lowest BCUT2D eigenvalue weighted by Crippen LogP contribution is -2.40. The molecule has 11 heteroatoms. The molecule has 0 bridgehead atoms. The van der Waals surface area contributed by atoms with E-state index in [2.05, 4.69) is 10.6 Å². The van der Waals surface area contributed by atoms with Gasteiger partial charge in [-0.05, 0) is 116 Å². The van der Waals surface area contributed by atoms with Gasteiger partial charge < -0.3 is 24.4 Å². The molecular weight excluding hydrogens is 594 g/mol. The lowest BCUT2D eigenvalue weighted by atomic mass is 10.1. The fourth-order valence-electron chi connectivity index (χ4n) is 4.08. The van der Waals surface area contributed by atoms with Crippen LogP contribution in [-0.4, -0.2) is 53.8 Å². The van der Waals surface area contributed by atoms with E-state index in [9.17, 15) is 19.2 Å². The highest BCUT2D eigenvalue weighted by atomic mass is 32.1. The van der Waals surface area contributed by atoms with Crippen molar-refractivity contribution >= 4 is 52.3 Å². The molecule has 3 aromatic rings. The molecule has 2 aromatic carbocycles. The molecule has 0 aliphatic carbocycles. The number of hydrogen-bond acceptors (Lipinski definition) is 9. The van der Waals surface area contributed by atoms with Crippen molar-refractivity contribution in [3.8, 4) is 10.4 Å². The number of nitrogens with one attached hydrogen (secondary N) is 2. The zero-order chi connectivity index (χ0) is 33.6. The zero-order valence-corrected chi connectivity index (χ0v) is 28.2. The van der Waals surface area contributed by atoms with E-state index in [0.29, 0.717) is 22.6 Å². The summed E-state index contributed by atoms with van der Waals surface area (Å²) in [5.74, 6) is -1.45.